The summed E-state index contributed by atoms with van der Waals surface area (Å²) in [7, 11) is -7.02. The zero-order chi connectivity index (χ0) is 21.6. The van der Waals surface area contributed by atoms with Crippen LogP contribution in [0.2, 0.25) is 0 Å². The fraction of sp³-hybridized carbons (Fsp3) is 0.400. The van der Waals surface area contributed by atoms with Crippen molar-refractivity contribution in [2.75, 3.05) is 39.5 Å². The topological polar surface area (TPSA) is 102 Å². The van der Waals surface area contributed by atoms with Crippen LogP contribution in [0.3, 0.4) is 0 Å². The molecule has 0 amide bonds. The van der Waals surface area contributed by atoms with Crippen molar-refractivity contribution in [3.63, 3.8) is 0 Å². The third-order valence-electron chi connectivity index (χ3n) is 4.56. The number of hydrogen-bond acceptors (Lipinski definition) is 6. The lowest BCUT2D eigenvalue weighted by Crippen LogP contribution is -2.40. The smallest absolute Gasteiger partial charge is 0.243 e. The summed E-state index contributed by atoms with van der Waals surface area (Å²) in [6.45, 7) is 3.60. The molecule has 3 rings (SSSR count). The molecule has 0 aliphatic carbocycles. The molecule has 30 heavy (non-hydrogen) atoms. The number of ether oxygens (including phenoxy) is 2. The lowest BCUT2D eigenvalue weighted by molar-refractivity contribution is 0.0730. The molecule has 0 spiro atoms. The summed E-state index contributed by atoms with van der Waals surface area (Å²) in [5.41, 5.74) is 1.73. The van der Waals surface area contributed by atoms with E-state index in [1.54, 1.807) is 18.2 Å². The molecular formula is C20H26N2O6S2. The molecule has 0 aromatic heterocycles. The van der Waals surface area contributed by atoms with Gasteiger partial charge in [0, 0.05) is 19.6 Å². The summed E-state index contributed by atoms with van der Waals surface area (Å²) >= 11 is 0. The van der Waals surface area contributed by atoms with Crippen LogP contribution in [-0.4, -0.2) is 60.6 Å². The molecule has 2 aromatic rings. The molecule has 1 aliphatic rings. The van der Waals surface area contributed by atoms with Gasteiger partial charge in [0.15, 0.2) is 0 Å². The van der Waals surface area contributed by atoms with Crippen molar-refractivity contribution in [2.24, 2.45) is 0 Å². The second-order valence-corrected chi connectivity index (χ2v) is 10.7. The van der Waals surface area contributed by atoms with Gasteiger partial charge in [0.05, 0.1) is 23.9 Å². The number of rotatable bonds is 9. The molecule has 1 fully saturated rings. The maximum Gasteiger partial charge on any atom is 0.243 e. The molecule has 0 unspecified atom stereocenters. The highest BCUT2D eigenvalue weighted by Crippen LogP contribution is 2.20. The number of benzene rings is 2. The van der Waals surface area contributed by atoms with Crippen molar-refractivity contribution in [1.82, 2.24) is 9.03 Å². The Morgan fingerprint density at radius 1 is 1.03 bits per heavy atom. The lowest BCUT2D eigenvalue weighted by atomic mass is 10.2. The van der Waals surface area contributed by atoms with Crippen LogP contribution in [0.5, 0.6) is 5.75 Å². The molecule has 0 atom stereocenters. The van der Waals surface area contributed by atoms with Gasteiger partial charge in [-0.3, -0.25) is 0 Å². The minimum absolute atomic E-state index is 0.0945. The number of morpholine rings is 1. The van der Waals surface area contributed by atoms with Crippen LogP contribution in [0, 0.1) is 6.92 Å². The number of aryl methyl sites for hydroxylation is 1. The molecule has 8 nitrogen and oxygen atoms in total. The monoisotopic (exact) mass is 454 g/mol. The van der Waals surface area contributed by atoms with E-state index in [1.165, 1.54) is 16.4 Å². The van der Waals surface area contributed by atoms with E-state index in [2.05, 4.69) is 4.72 Å². The van der Waals surface area contributed by atoms with Crippen LogP contribution in [-0.2, 0) is 30.5 Å². The Balaban J connectivity index is 1.48. The van der Waals surface area contributed by atoms with Gasteiger partial charge in [-0.25, -0.2) is 21.6 Å². The van der Waals surface area contributed by atoms with Crippen molar-refractivity contribution < 1.29 is 26.3 Å². The highest BCUT2D eigenvalue weighted by molar-refractivity contribution is 7.89. The van der Waals surface area contributed by atoms with E-state index in [-0.39, 0.29) is 23.8 Å². The number of hydrogen-bond donors (Lipinski definition) is 1. The van der Waals surface area contributed by atoms with Gasteiger partial charge in [0.2, 0.25) is 20.0 Å². The summed E-state index contributed by atoms with van der Waals surface area (Å²) in [4.78, 5) is 0.190. The molecular weight excluding hydrogens is 428 g/mol. The maximum absolute atomic E-state index is 12.6. The molecule has 1 saturated heterocycles. The van der Waals surface area contributed by atoms with Crippen molar-refractivity contribution in [2.45, 2.75) is 17.6 Å². The first-order valence-corrected chi connectivity index (χ1v) is 12.7. The van der Waals surface area contributed by atoms with Gasteiger partial charge in [0.25, 0.3) is 0 Å². The third kappa shape index (κ3) is 6.26. The minimum Gasteiger partial charge on any atom is -0.492 e. The van der Waals surface area contributed by atoms with E-state index >= 15 is 0 Å². The zero-order valence-electron chi connectivity index (χ0n) is 16.8. The first kappa shape index (κ1) is 22.7. The number of nitrogens with zero attached hydrogens (tertiary/aromatic N) is 1. The predicted octanol–water partition coefficient (Wildman–Crippen LogP) is 1.51. The molecule has 164 valence electrons. The Morgan fingerprint density at radius 3 is 2.40 bits per heavy atom. The van der Waals surface area contributed by atoms with E-state index in [0.717, 1.165) is 11.1 Å². The summed E-state index contributed by atoms with van der Waals surface area (Å²) in [6.07, 6.45) is 0. The highest BCUT2D eigenvalue weighted by Gasteiger charge is 2.26. The molecule has 1 N–H and O–H groups in total. The Kier molecular flexibility index (Phi) is 7.48. The highest BCUT2D eigenvalue weighted by atomic mass is 32.2. The second kappa shape index (κ2) is 9.88. The average Bonchev–Trinajstić information content (AvgIpc) is 2.72. The largest absolute Gasteiger partial charge is 0.492 e. The Bertz CT molecular complexity index is 1050. The Labute approximate surface area is 177 Å². The van der Waals surface area contributed by atoms with E-state index in [1.807, 2.05) is 25.1 Å². The average molecular weight is 455 g/mol. The fourth-order valence-electron chi connectivity index (χ4n) is 3.08. The van der Waals surface area contributed by atoms with Crippen molar-refractivity contribution in [1.29, 1.82) is 0 Å². The normalized spacial score (nSPS) is 15.8. The quantitative estimate of drug-likeness (QED) is 0.577. The first-order valence-electron chi connectivity index (χ1n) is 9.60. The molecule has 10 heteroatoms. The van der Waals surface area contributed by atoms with Crippen LogP contribution in [0.15, 0.2) is 53.4 Å². The van der Waals surface area contributed by atoms with Gasteiger partial charge in [-0.05, 0) is 36.8 Å². The molecule has 1 heterocycles. The second-order valence-electron chi connectivity index (χ2n) is 6.98. The lowest BCUT2D eigenvalue weighted by Gasteiger charge is -2.26. The molecule has 0 bridgehead atoms. The SMILES string of the molecule is Cc1cccc(CS(=O)(=O)NCCOc2ccc(S(=O)(=O)N3CCOCC3)cc2)c1. The van der Waals surface area contributed by atoms with Gasteiger partial charge in [0.1, 0.15) is 12.4 Å². The van der Waals surface area contributed by atoms with Crippen molar-refractivity contribution >= 4 is 20.0 Å². The standard InChI is InChI=1S/C20H26N2O6S2/c1-17-3-2-4-18(15-17)16-29(23,24)21-9-12-28-19-5-7-20(8-6-19)30(25,26)22-10-13-27-14-11-22/h2-8,15,21H,9-14,16H2,1H3. The van der Waals surface area contributed by atoms with E-state index in [4.69, 9.17) is 9.47 Å². The summed E-state index contributed by atoms with van der Waals surface area (Å²) in [5.74, 6) is 0.372. The number of nitrogens with one attached hydrogen (secondary N) is 1. The third-order valence-corrected chi connectivity index (χ3v) is 7.83. The van der Waals surface area contributed by atoms with Gasteiger partial charge in [-0.1, -0.05) is 29.8 Å². The summed E-state index contributed by atoms with van der Waals surface area (Å²) < 4.78 is 64.2. The van der Waals surface area contributed by atoms with Crippen LogP contribution >= 0.6 is 0 Å². The molecule has 1 aliphatic heterocycles. The van der Waals surface area contributed by atoms with Gasteiger partial charge in [-0.15, -0.1) is 0 Å². The van der Waals surface area contributed by atoms with Crippen LogP contribution < -0.4 is 9.46 Å². The van der Waals surface area contributed by atoms with Gasteiger partial charge in [-0.2, -0.15) is 4.31 Å². The van der Waals surface area contributed by atoms with Gasteiger partial charge < -0.3 is 9.47 Å². The van der Waals surface area contributed by atoms with E-state index in [0.29, 0.717) is 32.1 Å². The molecule has 2 aromatic carbocycles. The van der Waals surface area contributed by atoms with Crippen LogP contribution in [0.25, 0.3) is 0 Å². The Morgan fingerprint density at radius 2 is 1.73 bits per heavy atom. The van der Waals surface area contributed by atoms with Crippen LogP contribution in [0.1, 0.15) is 11.1 Å². The van der Waals surface area contributed by atoms with Crippen molar-refractivity contribution in [3.8, 4) is 5.75 Å². The van der Waals surface area contributed by atoms with Crippen molar-refractivity contribution in [3.05, 3.63) is 59.7 Å². The number of sulfonamides is 2. The summed E-state index contributed by atoms with van der Waals surface area (Å²) in [6, 6.07) is 13.5. The Hall–Kier alpha value is -1.98. The minimum atomic E-state index is -3.55. The van der Waals surface area contributed by atoms with Gasteiger partial charge >= 0.3 is 0 Å². The fourth-order valence-corrected chi connectivity index (χ4v) is 5.61. The maximum atomic E-state index is 12.6. The summed E-state index contributed by atoms with van der Waals surface area (Å²) in [5, 5.41) is 0. The zero-order valence-corrected chi connectivity index (χ0v) is 18.4. The molecule has 0 saturated carbocycles. The predicted molar refractivity (Wildman–Crippen MR) is 113 cm³/mol. The van der Waals surface area contributed by atoms with Crippen LogP contribution in [0.4, 0.5) is 0 Å². The van der Waals surface area contributed by atoms with E-state index in [9.17, 15) is 16.8 Å². The van der Waals surface area contributed by atoms with E-state index < -0.39 is 20.0 Å². The molecule has 0 radical (unpaired) electrons. The first-order chi connectivity index (χ1) is 14.3.